The van der Waals surface area contributed by atoms with Gasteiger partial charge in [0.25, 0.3) is 0 Å². The molecule has 160 valence electrons. The normalized spacial score (nSPS) is 20.2. The number of amides is 2. The van der Waals surface area contributed by atoms with Gasteiger partial charge in [-0.05, 0) is 37.6 Å². The highest BCUT2D eigenvalue weighted by Crippen LogP contribution is 2.24. The largest absolute Gasteiger partial charge is 0.346 e. The Hall–Kier alpha value is -0.560. The summed E-state index contributed by atoms with van der Waals surface area (Å²) < 4.78 is 0. The van der Waals surface area contributed by atoms with Crippen LogP contribution in [-0.2, 0) is 9.59 Å². The quantitative estimate of drug-likeness (QED) is 0.683. The van der Waals surface area contributed by atoms with Gasteiger partial charge in [0.1, 0.15) is 0 Å². The zero-order valence-electron chi connectivity index (χ0n) is 16.8. The lowest BCUT2D eigenvalue weighted by Crippen LogP contribution is -2.48. The van der Waals surface area contributed by atoms with E-state index in [2.05, 4.69) is 10.2 Å². The molecule has 0 bridgehead atoms. The number of halogens is 2. The van der Waals surface area contributed by atoms with Crippen LogP contribution in [0.4, 0.5) is 0 Å². The summed E-state index contributed by atoms with van der Waals surface area (Å²) in [6.07, 6.45) is 7.88. The molecule has 8 heteroatoms. The van der Waals surface area contributed by atoms with Crippen molar-refractivity contribution in [1.82, 2.24) is 15.1 Å². The molecule has 1 heterocycles. The van der Waals surface area contributed by atoms with Crippen LogP contribution in [-0.4, -0.2) is 66.9 Å². The van der Waals surface area contributed by atoms with Crippen LogP contribution in [0.2, 0.25) is 0 Å². The van der Waals surface area contributed by atoms with E-state index in [1.165, 1.54) is 38.6 Å². The average molecular weight is 425 g/mol. The van der Waals surface area contributed by atoms with Gasteiger partial charge in [-0.25, -0.2) is 0 Å². The predicted octanol–water partition coefficient (Wildman–Crippen LogP) is 2.04. The van der Waals surface area contributed by atoms with Crippen molar-refractivity contribution in [3.63, 3.8) is 0 Å². The summed E-state index contributed by atoms with van der Waals surface area (Å²) in [6, 6.07) is -0.553. The Morgan fingerprint density at radius 2 is 1.67 bits per heavy atom. The summed E-state index contributed by atoms with van der Waals surface area (Å²) in [7, 11) is 0. The third kappa shape index (κ3) is 8.99. The first-order valence-electron chi connectivity index (χ1n) is 10.0. The monoisotopic (exact) mass is 424 g/mol. The minimum absolute atomic E-state index is 0. The summed E-state index contributed by atoms with van der Waals surface area (Å²) >= 11 is 0. The Labute approximate surface area is 176 Å². The lowest BCUT2D eigenvalue weighted by Gasteiger charge is -2.28. The molecule has 0 radical (unpaired) electrons. The zero-order chi connectivity index (χ0) is 18.2. The molecule has 0 aromatic carbocycles. The van der Waals surface area contributed by atoms with E-state index in [1.807, 2.05) is 18.7 Å². The van der Waals surface area contributed by atoms with Gasteiger partial charge in [0.15, 0.2) is 0 Å². The van der Waals surface area contributed by atoms with Gasteiger partial charge < -0.3 is 20.9 Å². The Balaban J connectivity index is 0.00000338. The number of nitrogens with zero attached hydrogens (tertiary/aromatic N) is 2. The van der Waals surface area contributed by atoms with Crippen LogP contribution in [0.5, 0.6) is 0 Å². The predicted molar refractivity (Wildman–Crippen MR) is 115 cm³/mol. The topological polar surface area (TPSA) is 78.7 Å². The molecule has 0 aromatic rings. The van der Waals surface area contributed by atoms with Gasteiger partial charge in [-0.15, -0.1) is 24.8 Å². The van der Waals surface area contributed by atoms with Crippen molar-refractivity contribution in [2.45, 2.75) is 58.4 Å². The average Bonchev–Trinajstić information content (AvgIpc) is 2.85. The fourth-order valence-electron chi connectivity index (χ4n) is 3.83. The highest BCUT2D eigenvalue weighted by molar-refractivity contribution is 5.87. The molecule has 1 saturated heterocycles. The Morgan fingerprint density at radius 1 is 1.00 bits per heavy atom. The maximum atomic E-state index is 12.4. The van der Waals surface area contributed by atoms with E-state index in [0.717, 1.165) is 38.5 Å². The second-order valence-corrected chi connectivity index (χ2v) is 8.03. The Bertz CT molecular complexity index is 445. The number of rotatable bonds is 6. The van der Waals surface area contributed by atoms with E-state index < -0.39 is 6.04 Å². The van der Waals surface area contributed by atoms with Gasteiger partial charge >= 0.3 is 0 Å². The summed E-state index contributed by atoms with van der Waals surface area (Å²) in [5, 5.41) is 2.69. The van der Waals surface area contributed by atoms with E-state index in [1.54, 1.807) is 0 Å². The molecule has 1 aliphatic heterocycles. The molecule has 3 N–H and O–H groups in total. The Morgan fingerprint density at radius 3 is 2.30 bits per heavy atom. The molecule has 1 aliphatic carbocycles. The Kier molecular flexibility index (Phi) is 13.3. The van der Waals surface area contributed by atoms with Crippen LogP contribution in [0.25, 0.3) is 0 Å². The molecule has 1 saturated carbocycles. The molecular formula is C19H38Cl2N4O2. The number of hydrogen-bond donors (Lipinski definition) is 2. The van der Waals surface area contributed by atoms with Crippen LogP contribution in [0.1, 0.15) is 52.4 Å². The number of hydrogen-bond acceptors (Lipinski definition) is 4. The maximum Gasteiger partial charge on any atom is 0.242 e. The van der Waals surface area contributed by atoms with Gasteiger partial charge in [-0.2, -0.15) is 0 Å². The van der Waals surface area contributed by atoms with Crippen molar-refractivity contribution < 1.29 is 9.59 Å². The molecule has 0 unspecified atom stereocenters. The standard InChI is InChI=1S/C19H36N4O2.2ClH/c1-15(2)18(20)19(25)21-13-17(24)23-10-6-9-22(11-12-23)14-16-7-4-3-5-8-16;;/h15-16,18H,3-14,20H2,1-2H3,(H,21,25);2*1H/t18-;;/m0../s1. The van der Waals surface area contributed by atoms with Crippen molar-refractivity contribution in [1.29, 1.82) is 0 Å². The SMILES string of the molecule is CC(C)[C@H](N)C(=O)NCC(=O)N1CCCN(CC2CCCCC2)CC1.Cl.Cl. The van der Waals surface area contributed by atoms with Crippen LogP contribution in [0.3, 0.4) is 0 Å². The first kappa shape index (κ1) is 26.4. The molecular weight excluding hydrogens is 387 g/mol. The zero-order valence-corrected chi connectivity index (χ0v) is 18.5. The van der Waals surface area contributed by atoms with E-state index in [0.29, 0.717) is 0 Å². The van der Waals surface area contributed by atoms with Crippen LogP contribution >= 0.6 is 24.8 Å². The van der Waals surface area contributed by atoms with Crippen molar-refractivity contribution in [2.24, 2.45) is 17.6 Å². The summed E-state index contributed by atoms with van der Waals surface area (Å²) in [5.41, 5.74) is 5.81. The molecule has 0 aromatic heterocycles. The lowest BCUT2D eigenvalue weighted by atomic mass is 9.89. The van der Waals surface area contributed by atoms with Gasteiger partial charge in [0.05, 0.1) is 12.6 Å². The summed E-state index contributed by atoms with van der Waals surface area (Å²) in [6.45, 7) is 8.61. The molecule has 1 atom stereocenters. The minimum atomic E-state index is -0.553. The second kappa shape index (κ2) is 13.6. The molecule has 6 nitrogen and oxygen atoms in total. The van der Waals surface area contributed by atoms with Gasteiger partial charge in [0, 0.05) is 26.2 Å². The van der Waals surface area contributed by atoms with Crippen molar-refractivity contribution in [3.8, 4) is 0 Å². The molecule has 27 heavy (non-hydrogen) atoms. The minimum Gasteiger partial charge on any atom is -0.346 e. The molecule has 2 amide bonds. The third-order valence-corrected chi connectivity index (χ3v) is 5.62. The summed E-state index contributed by atoms with van der Waals surface area (Å²) in [5.74, 6) is 0.676. The van der Waals surface area contributed by atoms with Crippen molar-refractivity contribution in [3.05, 3.63) is 0 Å². The van der Waals surface area contributed by atoms with Crippen LogP contribution in [0, 0.1) is 11.8 Å². The second-order valence-electron chi connectivity index (χ2n) is 8.03. The van der Waals surface area contributed by atoms with E-state index >= 15 is 0 Å². The highest BCUT2D eigenvalue weighted by atomic mass is 35.5. The van der Waals surface area contributed by atoms with E-state index in [-0.39, 0.29) is 49.1 Å². The van der Waals surface area contributed by atoms with Gasteiger partial charge in [-0.1, -0.05) is 33.1 Å². The van der Waals surface area contributed by atoms with Crippen molar-refractivity contribution >= 4 is 36.6 Å². The third-order valence-electron chi connectivity index (χ3n) is 5.62. The fraction of sp³-hybridized carbons (Fsp3) is 0.895. The van der Waals surface area contributed by atoms with E-state index in [4.69, 9.17) is 5.73 Å². The molecule has 2 rings (SSSR count). The lowest BCUT2D eigenvalue weighted by molar-refractivity contribution is -0.133. The molecule has 2 aliphatic rings. The fourth-order valence-corrected chi connectivity index (χ4v) is 3.83. The molecule has 0 spiro atoms. The molecule has 2 fully saturated rings. The number of nitrogens with one attached hydrogen (secondary N) is 1. The van der Waals surface area contributed by atoms with Crippen LogP contribution in [0.15, 0.2) is 0 Å². The van der Waals surface area contributed by atoms with Gasteiger partial charge in [0.2, 0.25) is 11.8 Å². The first-order chi connectivity index (χ1) is 12.0. The van der Waals surface area contributed by atoms with Gasteiger partial charge in [-0.3, -0.25) is 9.59 Å². The number of carbonyl (C=O) groups excluding carboxylic acids is 2. The smallest absolute Gasteiger partial charge is 0.242 e. The van der Waals surface area contributed by atoms with Crippen LogP contribution < -0.4 is 11.1 Å². The maximum absolute atomic E-state index is 12.4. The van der Waals surface area contributed by atoms with Crippen molar-refractivity contribution in [2.75, 3.05) is 39.3 Å². The number of carbonyl (C=O) groups is 2. The number of nitrogens with two attached hydrogens (primary N) is 1. The van der Waals surface area contributed by atoms with E-state index in [9.17, 15) is 9.59 Å². The first-order valence-corrected chi connectivity index (χ1v) is 10.0. The summed E-state index contributed by atoms with van der Waals surface area (Å²) in [4.78, 5) is 28.7. The highest BCUT2D eigenvalue weighted by Gasteiger charge is 2.23.